The van der Waals surface area contributed by atoms with Crippen molar-refractivity contribution in [2.75, 3.05) is 14.2 Å². The van der Waals surface area contributed by atoms with Crippen LogP contribution in [0.25, 0.3) is 18.3 Å². The van der Waals surface area contributed by atoms with Gasteiger partial charge in [-0.2, -0.15) is 0 Å². The van der Waals surface area contributed by atoms with Crippen LogP contribution in [0, 0.1) is 0 Å². The zero-order valence-corrected chi connectivity index (χ0v) is 14.8. The molecule has 3 rings (SSSR count). The van der Waals surface area contributed by atoms with Crippen LogP contribution in [-0.4, -0.2) is 30.0 Å². The summed E-state index contributed by atoms with van der Waals surface area (Å²) in [5, 5.41) is 14.7. The molecular formula is C20H17N2O5-. The second kappa shape index (κ2) is 7.25. The molecule has 138 valence electrons. The van der Waals surface area contributed by atoms with Gasteiger partial charge in [-0.15, -0.1) is 0 Å². The Morgan fingerprint density at radius 2 is 1.89 bits per heavy atom. The normalized spacial score (nSPS) is 11.4. The first-order chi connectivity index (χ1) is 12.9. The summed E-state index contributed by atoms with van der Waals surface area (Å²) in [5.74, 6) is -0.201. The Morgan fingerprint density at radius 3 is 2.56 bits per heavy atom. The van der Waals surface area contributed by atoms with Crippen molar-refractivity contribution in [2.45, 2.75) is 0 Å². The third-order valence-electron chi connectivity index (χ3n) is 4.06. The first-order valence-corrected chi connectivity index (χ1v) is 8.00. The molecule has 1 aromatic heterocycles. The number of carbonyl (C=O) groups excluding carboxylic acids is 1. The van der Waals surface area contributed by atoms with Gasteiger partial charge in [-0.05, 0) is 41.5 Å². The van der Waals surface area contributed by atoms with Gasteiger partial charge in [0.15, 0.2) is 11.5 Å². The molecule has 0 aliphatic heterocycles. The Hall–Kier alpha value is -3.74. The summed E-state index contributed by atoms with van der Waals surface area (Å²) in [5.41, 5.74) is 0.721. The van der Waals surface area contributed by atoms with E-state index < -0.39 is 5.97 Å². The predicted molar refractivity (Wildman–Crippen MR) is 98.6 cm³/mol. The topological polar surface area (TPSA) is 96.4 Å². The van der Waals surface area contributed by atoms with Gasteiger partial charge in [0.05, 0.1) is 36.4 Å². The Kier molecular flexibility index (Phi) is 4.85. The van der Waals surface area contributed by atoms with E-state index in [1.165, 1.54) is 30.0 Å². The fourth-order valence-electron chi connectivity index (χ4n) is 2.71. The summed E-state index contributed by atoms with van der Waals surface area (Å²) in [7, 11) is 3.07. The van der Waals surface area contributed by atoms with E-state index in [4.69, 9.17) is 9.47 Å². The molecule has 0 spiro atoms. The third kappa shape index (κ3) is 3.48. The van der Waals surface area contributed by atoms with Gasteiger partial charge in [-0.25, -0.2) is 4.68 Å². The lowest BCUT2D eigenvalue weighted by molar-refractivity contribution is -0.255. The standard InChI is InChI=1S/C20H18N2O5/c1-12-16(9-13-7-8-17(26-2)18(10-13)27-3)19(23)22(21-12)15-6-4-5-14(11-15)20(24)25/h4-11,21H,1H2,2-3H3,(H,24,25)/p-1/b16-9-. The number of carbonyl (C=O) groups is 1. The van der Waals surface area contributed by atoms with Gasteiger partial charge in [0, 0.05) is 0 Å². The number of aromatic amines is 1. The van der Waals surface area contributed by atoms with Crippen LogP contribution >= 0.6 is 0 Å². The molecule has 1 heterocycles. The minimum absolute atomic E-state index is 0.0231. The molecule has 0 radical (unpaired) electrons. The van der Waals surface area contributed by atoms with E-state index in [2.05, 4.69) is 11.7 Å². The molecule has 0 saturated carbocycles. The zero-order chi connectivity index (χ0) is 19.6. The number of nitrogens with one attached hydrogen (secondary N) is 1. The number of methoxy groups -OCH3 is 2. The number of carboxylic acid groups (broad SMARTS) is 1. The summed E-state index contributed by atoms with van der Waals surface area (Å²) in [6, 6.07) is 11.2. The molecule has 27 heavy (non-hydrogen) atoms. The van der Waals surface area contributed by atoms with Crippen molar-refractivity contribution in [1.82, 2.24) is 9.78 Å². The Balaban J connectivity index is 2.13. The Morgan fingerprint density at radius 1 is 1.15 bits per heavy atom. The van der Waals surface area contributed by atoms with Crippen LogP contribution in [0.4, 0.5) is 0 Å². The Bertz CT molecular complexity index is 1170. The van der Waals surface area contributed by atoms with Gasteiger partial charge in [0.2, 0.25) is 0 Å². The molecule has 0 unspecified atom stereocenters. The lowest BCUT2D eigenvalue weighted by Gasteiger charge is -2.07. The average molecular weight is 365 g/mol. The molecule has 7 heteroatoms. The maximum Gasteiger partial charge on any atom is 0.279 e. The SMILES string of the molecule is C=c1[nH]n(-c2cccc(C(=O)[O-])c2)c(=O)/c1=C\c1ccc(OC)c(OC)c1. The van der Waals surface area contributed by atoms with Crippen LogP contribution in [-0.2, 0) is 0 Å². The molecule has 1 N–H and O–H groups in total. The number of aromatic carboxylic acids is 1. The van der Waals surface area contributed by atoms with Crippen molar-refractivity contribution in [1.29, 1.82) is 0 Å². The van der Waals surface area contributed by atoms with Gasteiger partial charge in [0.25, 0.3) is 5.56 Å². The number of aromatic nitrogens is 2. The first kappa shape index (κ1) is 18.1. The van der Waals surface area contributed by atoms with Crippen molar-refractivity contribution < 1.29 is 19.4 Å². The highest BCUT2D eigenvalue weighted by molar-refractivity contribution is 5.86. The summed E-state index contributed by atoms with van der Waals surface area (Å²) < 4.78 is 11.7. The molecule has 0 saturated heterocycles. The summed E-state index contributed by atoms with van der Waals surface area (Å²) >= 11 is 0. The van der Waals surface area contributed by atoms with Crippen molar-refractivity contribution in [3.63, 3.8) is 0 Å². The second-order valence-electron chi connectivity index (χ2n) is 5.74. The van der Waals surface area contributed by atoms with Crippen molar-refractivity contribution >= 4 is 18.6 Å². The number of benzene rings is 2. The monoisotopic (exact) mass is 365 g/mol. The highest BCUT2D eigenvalue weighted by Crippen LogP contribution is 2.27. The Labute approximate surface area is 154 Å². The van der Waals surface area contributed by atoms with Crippen LogP contribution in [0.1, 0.15) is 15.9 Å². The number of hydrogen-bond donors (Lipinski definition) is 1. The number of rotatable bonds is 5. The maximum absolute atomic E-state index is 12.8. The number of H-pyrrole nitrogens is 1. The fraction of sp³-hybridized carbons (Fsp3) is 0.100. The molecule has 0 aliphatic carbocycles. The quantitative estimate of drug-likeness (QED) is 0.675. The molecule has 0 atom stereocenters. The molecule has 3 aromatic rings. The number of carboxylic acids is 1. The minimum atomic E-state index is -1.32. The molecule has 0 amide bonds. The lowest BCUT2D eigenvalue weighted by atomic mass is 10.1. The smallest absolute Gasteiger partial charge is 0.279 e. The van der Waals surface area contributed by atoms with Crippen LogP contribution in [0.2, 0.25) is 0 Å². The van der Waals surface area contributed by atoms with Crippen LogP contribution in [0.3, 0.4) is 0 Å². The van der Waals surface area contributed by atoms with Gasteiger partial charge >= 0.3 is 0 Å². The van der Waals surface area contributed by atoms with Crippen molar-refractivity contribution in [3.8, 4) is 17.2 Å². The molecule has 0 aliphatic rings. The summed E-state index contributed by atoms with van der Waals surface area (Å²) in [4.78, 5) is 23.8. The first-order valence-electron chi connectivity index (χ1n) is 8.00. The number of ether oxygens (including phenoxy) is 2. The minimum Gasteiger partial charge on any atom is -0.545 e. The van der Waals surface area contributed by atoms with E-state index in [0.717, 1.165) is 5.56 Å². The third-order valence-corrected chi connectivity index (χ3v) is 4.06. The van der Waals surface area contributed by atoms with Crippen LogP contribution in [0.5, 0.6) is 11.5 Å². The number of nitrogens with zero attached hydrogens (tertiary/aromatic N) is 1. The van der Waals surface area contributed by atoms with E-state index in [1.54, 1.807) is 37.5 Å². The second-order valence-corrected chi connectivity index (χ2v) is 5.74. The van der Waals surface area contributed by atoms with E-state index in [-0.39, 0.29) is 11.1 Å². The predicted octanol–water partition coefficient (Wildman–Crippen LogP) is -0.215. The average Bonchev–Trinajstić information content (AvgIpc) is 2.96. The lowest BCUT2D eigenvalue weighted by Crippen LogP contribution is -2.34. The van der Waals surface area contributed by atoms with Gasteiger partial charge in [-0.1, -0.05) is 24.8 Å². The van der Waals surface area contributed by atoms with E-state index in [0.29, 0.717) is 27.8 Å². The van der Waals surface area contributed by atoms with Gasteiger partial charge in [0.1, 0.15) is 0 Å². The summed E-state index contributed by atoms with van der Waals surface area (Å²) in [6.07, 6.45) is 1.67. The number of hydrogen-bond acceptors (Lipinski definition) is 5. The summed E-state index contributed by atoms with van der Waals surface area (Å²) in [6.45, 7) is 3.87. The molecular weight excluding hydrogens is 348 g/mol. The zero-order valence-electron chi connectivity index (χ0n) is 14.8. The van der Waals surface area contributed by atoms with E-state index in [9.17, 15) is 14.7 Å². The highest BCUT2D eigenvalue weighted by Gasteiger charge is 2.07. The van der Waals surface area contributed by atoms with E-state index >= 15 is 0 Å². The molecule has 0 bridgehead atoms. The molecule has 7 nitrogen and oxygen atoms in total. The van der Waals surface area contributed by atoms with Crippen LogP contribution in [0.15, 0.2) is 47.3 Å². The molecule has 2 aromatic carbocycles. The van der Waals surface area contributed by atoms with E-state index in [1.807, 2.05) is 0 Å². The van der Waals surface area contributed by atoms with Crippen LogP contribution < -0.4 is 30.7 Å². The maximum atomic E-state index is 12.8. The highest BCUT2D eigenvalue weighted by atomic mass is 16.5. The fourth-order valence-corrected chi connectivity index (χ4v) is 2.71. The van der Waals surface area contributed by atoms with Gasteiger partial charge < -0.3 is 19.4 Å². The largest absolute Gasteiger partial charge is 0.545 e. The van der Waals surface area contributed by atoms with Crippen molar-refractivity contribution in [2.24, 2.45) is 0 Å². The molecule has 0 fully saturated rings. The van der Waals surface area contributed by atoms with Crippen molar-refractivity contribution in [3.05, 3.63) is 74.5 Å². The van der Waals surface area contributed by atoms with Gasteiger partial charge in [-0.3, -0.25) is 9.89 Å².